The second kappa shape index (κ2) is 10.4. The summed E-state index contributed by atoms with van der Waals surface area (Å²) in [5.74, 6) is 0.0951. The Labute approximate surface area is 199 Å². The highest BCUT2D eigenvalue weighted by Crippen LogP contribution is 2.43. The Morgan fingerprint density at radius 1 is 1.06 bits per heavy atom. The Bertz CT molecular complexity index is 784. The fourth-order valence-electron chi connectivity index (χ4n) is 5.93. The Hall–Kier alpha value is -1.20. The first-order valence-corrected chi connectivity index (χ1v) is 13.7. The van der Waals surface area contributed by atoms with E-state index in [9.17, 15) is 9.90 Å². The van der Waals surface area contributed by atoms with E-state index < -0.39 is 11.4 Å². The van der Waals surface area contributed by atoms with Crippen molar-refractivity contribution in [2.24, 2.45) is 11.3 Å². The van der Waals surface area contributed by atoms with Gasteiger partial charge in [-0.05, 0) is 95.0 Å². The van der Waals surface area contributed by atoms with Gasteiger partial charge < -0.3 is 10.0 Å². The highest BCUT2D eigenvalue weighted by atomic mass is 32.2. The number of hydrogen-bond donors (Lipinski definition) is 1. The van der Waals surface area contributed by atoms with Crippen LogP contribution in [0.3, 0.4) is 0 Å². The van der Waals surface area contributed by atoms with Crippen molar-refractivity contribution in [1.29, 1.82) is 0 Å². The van der Waals surface area contributed by atoms with E-state index >= 15 is 0 Å². The summed E-state index contributed by atoms with van der Waals surface area (Å²) in [6.07, 6.45) is 15.1. The highest BCUT2D eigenvalue weighted by Gasteiger charge is 2.36. The SMILES string of the molecule is CN1Sc2cc(CCC(C)(C)C(=O)O)ccc2N(C2CCCCC2)C[C@H]1C1CCCCC1. The van der Waals surface area contributed by atoms with Crippen molar-refractivity contribution in [3.05, 3.63) is 23.8 Å². The summed E-state index contributed by atoms with van der Waals surface area (Å²) in [6.45, 7) is 4.82. The second-order valence-electron chi connectivity index (χ2n) is 11.0. The lowest BCUT2D eigenvalue weighted by Gasteiger charge is -2.41. The van der Waals surface area contributed by atoms with E-state index in [2.05, 4.69) is 34.5 Å². The maximum Gasteiger partial charge on any atom is 0.309 e. The van der Waals surface area contributed by atoms with Crippen LogP contribution in [0.1, 0.15) is 90.0 Å². The van der Waals surface area contributed by atoms with E-state index in [-0.39, 0.29) is 0 Å². The summed E-state index contributed by atoms with van der Waals surface area (Å²) >= 11 is 1.93. The van der Waals surface area contributed by atoms with E-state index in [0.717, 1.165) is 18.9 Å². The molecule has 1 aliphatic heterocycles. The summed E-state index contributed by atoms with van der Waals surface area (Å²) in [5, 5.41) is 9.50. The van der Waals surface area contributed by atoms with Crippen LogP contribution < -0.4 is 4.90 Å². The van der Waals surface area contributed by atoms with Crippen molar-refractivity contribution in [3.8, 4) is 0 Å². The Balaban J connectivity index is 1.59. The van der Waals surface area contributed by atoms with Crippen LogP contribution in [0, 0.1) is 11.3 Å². The molecule has 0 spiro atoms. The number of aryl methyl sites for hydroxylation is 1. The van der Waals surface area contributed by atoms with Gasteiger partial charge in [0.05, 0.1) is 11.1 Å². The van der Waals surface area contributed by atoms with E-state index in [0.29, 0.717) is 18.5 Å². The lowest BCUT2D eigenvalue weighted by atomic mass is 9.83. The predicted molar refractivity (Wildman–Crippen MR) is 134 cm³/mol. The van der Waals surface area contributed by atoms with Crippen LogP contribution in [0.2, 0.25) is 0 Å². The molecule has 178 valence electrons. The summed E-state index contributed by atoms with van der Waals surface area (Å²) < 4.78 is 2.56. The molecule has 1 aromatic carbocycles. The maximum absolute atomic E-state index is 11.6. The average Bonchev–Trinajstić information content (AvgIpc) is 2.94. The van der Waals surface area contributed by atoms with Gasteiger partial charge in [-0.15, -0.1) is 0 Å². The zero-order chi connectivity index (χ0) is 22.7. The topological polar surface area (TPSA) is 43.8 Å². The van der Waals surface area contributed by atoms with Gasteiger partial charge in [0.2, 0.25) is 0 Å². The Morgan fingerprint density at radius 2 is 1.72 bits per heavy atom. The molecule has 1 aromatic rings. The Morgan fingerprint density at radius 3 is 2.38 bits per heavy atom. The van der Waals surface area contributed by atoms with Crippen LogP contribution >= 0.6 is 11.9 Å². The predicted octanol–water partition coefficient (Wildman–Crippen LogP) is 6.77. The molecule has 32 heavy (non-hydrogen) atoms. The third kappa shape index (κ3) is 5.47. The number of likely N-dealkylation sites (N-methyl/N-ethyl adjacent to an activating group) is 1. The lowest BCUT2D eigenvalue weighted by Crippen LogP contribution is -2.47. The van der Waals surface area contributed by atoms with Crippen molar-refractivity contribution in [1.82, 2.24) is 4.31 Å². The number of rotatable bonds is 6. The van der Waals surface area contributed by atoms with Crippen molar-refractivity contribution >= 4 is 23.6 Å². The van der Waals surface area contributed by atoms with E-state index in [1.54, 1.807) is 0 Å². The van der Waals surface area contributed by atoms with Crippen molar-refractivity contribution < 1.29 is 9.90 Å². The van der Waals surface area contributed by atoms with Crippen LogP contribution in [0.15, 0.2) is 23.1 Å². The van der Waals surface area contributed by atoms with E-state index in [1.807, 2.05) is 25.8 Å². The summed E-state index contributed by atoms with van der Waals surface area (Å²) in [6, 6.07) is 8.22. The van der Waals surface area contributed by atoms with Gasteiger partial charge in [0.15, 0.2) is 0 Å². The average molecular weight is 459 g/mol. The molecular weight excluding hydrogens is 416 g/mol. The van der Waals surface area contributed by atoms with E-state index in [4.69, 9.17) is 0 Å². The molecule has 5 heteroatoms. The lowest BCUT2D eigenvalue weighted by molar-refractivity contribution is -0.147. The molecule has 1 N–H and O–H groups in total. The summed E-state index contributed by atoms with van der Waals surface area (Å²) in [5.41, 5.74) is 1.99. The first-order valence-electron chi connectivity index (χ1n) is 12.9. The van der Waals surface area contributed by atoms with Gasteiger partial charge in [-0.25, -0.2) is 4.31 Å². The number of anilines is 1. The smallest absolute Gasteiger partial charge is 0.309 e. The molecule has 1 heterocycles. The number of hydrogen-bond acceptors (Lipinski definition) is 4. The molecule has 0 radical (unpaired) electrons. The minimum Gasteiger partial charge on any atom is -0.481 e. The molecule has 0 unspecified atom stereocenters. The number of benzene rings is 1. The molecule has 3 aliphatic rings. The minimum atomic E-state index is -0.708. The molecular formula is C27H42N2O2S. The number of nitrogens with zero attached hydrogens (tertiary/aromatic N) is 2. The molecule has 4 rings (SSSR count). The molecule has 0 aromatic heterocycles. The van der Waals surface area contributed by atoms with Crippen LogP contribution in [0.4, 0.5) is 5.69 Å². The van der Waals surface area contributed by atoms with Crippen LogP contribution in [0.25, 0.3) is 0 Å². The summed E-state index contributed by atoms with van der Waals surface area (Å²) in [7, 11) is 2.30. The quantitative estimate of drug-likeness (QED) is 0.477. The molecule has 2 fully saturated rings. The number of carboxylic acids is 1. The molecule has 2 saturated carbocycles. The number of fused-ring (bicyclic) bond motifs is 1. The van der Waals surface area contributed by atoms with Crippen molar-refractivity contribution in [3.63, 3.8) is 0 Å². The fraction of sp³-hybridized carbons (Fsp3) is 0.741. The maximum atomic E-state index is 11.6. The van der Waals surface area contributed by atoms with Gasteiger partial charge in [0, 0.05) is 23.5 Å². The van der Waals surface area contributed by atoms with Crippen molar-refractivity contribution in [2.45, 2.75) is 108 Å². The van der Waals surface area contributed by atoms with Gasteiger partial charge in [-0.2, -0.15) is 0 Å². The van der Waals surface area contributed by atoms with Crippen molar-refractivity contribution in [2.75, 3.05) is 18.5 Å². The second-order valence-corrected chi connectivity index (χ2v) is 12.2. The molecule has 4 nitrogen and oxygen atoms in total. The van der Waals surface area contributed by atoms with Crippen LogP contribution in [0.5, 0.6) is 0 Å². The third-order valence-corrected chi connectivity index (χ3v) is 9.34. The molecule has 2 aliphatic carbocycles. The largest absolute Gasteiger partial charge is 0.481 e. The molecule has 0 saturated heterocycles. The molecule has 0 amide bonds. The number of carboxylic acid groups (broad SMARTS) is 1. The standard InChI is InChI=1S/C27H42N2O2S/c1-27(2,26(30)31)17-16-20-14-15-23-25(18-20)32-28(3)24(21-10-6-4-7-11-21)19-29(23)22-12-8-5-9-13-22/h14-15,18,21-22,24H,4-13,16-17,19H2,1-3H3,(H,30,31)/t24-/m0/s1. The zero-order valence-electron chi connectivity index (χ0n) is 20.3. The first-order chi connectivity index (χ1) is 15.3. The normalized spacial score (nSPS) is 24.2. The molecule has 1 atom stereocenters. The number of carbonyl (C=O) groups is 1. The van der Waals surface area contributed by atoms with Crippen LogP contribution in [-0.4, -0.2) is 41.1 Å². The zero-order valence-corrected chi connectivity index (χ0v) is 21.1. The monoisotopic (exact) mass is 458 g/mol. The van der Waals surface area contributed by atoms with Gasteiger partial charge in [-0.3, -0.25) is 4.79 Å². The van der Waals surface area contributed by atoms with Gasteiger partial charge in [0.25, 0.3) is 0 Å². The minimum absolute atomic E-state index is 0.601. The van der Waals surface area contributed by atoms with Crippen LogP contribution in [-0.2, 0) is 11.2 Å². The third-order valence-electron chi connectivity index (χ3n) is 8.25. The number of aliphatic carboxylic acids is 1. The van der Waals surface area contributed by atoms with Gasteiger partial charge >= 0.3 is 5.97 Å². The highest BCUT2D eigenvalue weighted by molar-refractivity contribution is 7.97. The fourth-order valence-corrected chi connectivity index (χ4v) is 7.10. The van der Waals surface area contributed by atoms with E-state index in [1.165, 1.54) is 80.4 Å². The summed E-state index contributed by atoms with van der Waals surface area (Å²) in [4.78, 5) is 15.7. The Kier molecular flexibility index (Phi) is 7.77. The molecule has 0 bridgehead atoms. The van der Waals surface area contributed by atoms with Gasteiger partial charge in [-0.1, -0.05) is 44.6 Å². The van der Waals surface area contributed by atoms with Gasteiger partial charge in [0.1, 0.15) is 0 Å². The first kappa shape index (κ1) is 23.9.